The van der Waals surface area contributed by atoms with Crippen LogP contribution in [-0.4, -0.2) is 35.2 Å². The zero-order chi connectivity index (χ0) is 9.41. The number of hydroxylamine groups is 4. The molecule has 0 radical (unpaired) electrons. The lowest BCUT2D eigenvalue weighted by Gasteiger charge is -2.23. The van der Waals surface area contributed by atoms with Crippen LogP contribution >= 0.6 is 0 Å². The van der Waals surface area contributed by atoms with Crippen molar-refractivity contribution in [3.8, 4) is 0 Å². The van der Waals surface area contributed by atoms with Crippen LogP contribution in [0, 0.1) is 0 Å². The molecule has 0 amide bonds. The van der Waals surface area contributed by atoms with Gasteiger partial charge < -0.3 is 10.4 Å². The molecule has 12 heavy (non-hydrogen) atoms. The number of nitrogens with one attached hydrogen (secondary N) is 2. The molecular formula is CH5N3O7S. The normalized spacial score (nSPS) is 27.6. The third-order valence-electron chi connectivity index (χ3n) is 0.957. The van der Waals surface area contributed by atoms with Crippen molar-refractivity contribution < 1.29 is 32.5 Å². The lowest BCUT2D eigenvalue weighted by molar-refractivity contribution is -0.403. The zero-order valence-corrected chi connectivity index (χ0v) is 6.15. The van der Waals surface area contributed by atoms with Crippen molar-refractivity contribution in [3.63, 3.8) is 0 Å². The molecule has 72 valence electrons. The summed E-state index contributed by atoms with van der Waals surface area (Å²) in [6.07, 6.45) is 0. The van der Waals surface area contributed by atoms with Gasteiger partial charge in [0.15, 0.2) is 0 Å². The maximum atomic E-state index is 10.4. The molecule has 1 aliphatic heterocycles. The Labute approximate surface area is 66.1 Å². The number of rotatable bonds is 2. The fourth-order valence-corrected chi connectivity index (χ4v) is 1.22. The van der Waals surface area contributed by atoms with Crippen LogP contribution in [-0.2, 0) is 18.9 Å². The average Bonchev–Trinajstić information content (AvgIpc) is 2.21. The van der Waals surface area contributed by atoms with Gasteiger partial charge in [0, 0.05) is 5.23 Å². The Bertz CT molecular complexity index is 256. The second-order valence-corrected chi connectivity index (χ2v) is 2.84. The maximum absolute atomic E-state index is 10.4. The van der Waals surface area contributed by atoms with E-state index in [2.05, 4.69) is 8.47 Å². The molecular weight excluding hydrogens is 198 g/mol. The van der Waals surface area contributed by atoms with Crippen molar-refractivity contribution in [3.05, 3.63) is 0 Å². The molecule has 0 atom stereocenters. The Balaban J connectivity index is 2.94. The van der Waals surface area contributed by atoms with E-state index in [1.807, 2.05) is 0 Å². The van der Waals surface area contributed by atoms with Gasteiger partial charge in [-0.2, -0.15) is 12.6 Å². The number of nitrogens with zero attached hydrogens (tertiary/aromatic N) is 1. The van der Waals surface area contributed by atoms with E-state index in [-0.39, 0.29) is 0 Å². The Hall–Kier alpha value is -0.370. The number of hydrogen-bond donors (Lipinski definition) is 5. The van der Waals surface area contributed by atoms with E-state index in [0.717, 1.165) is 11.0 Å². The molecule has 0 aromatic rings. The average molecular weight is 203 g/mol. The highest BCUT2D eigenvalue weighted by Crippen LogP contribution is 2.22. The third kappa shape index (κ3) is 1.40. The van der Waals surface area contributed by atoms with Gasteiger partial charge in [0.25, 0.3) is 0 Å². The fourth-order valence-electron chi connectivity index (χ4n) is 0.482. The van der Waals surface area contributed by atoms with Crippen LogP contribution in [0.3, 0.4) is 0 Å². The van der Waals surface area contributed by atoms with Crippen LogP contribution in [0.25, 0.3) is 0 Å². The molecule has 1 rings (SSSR count). The van der Waals surface area contributed by atoms with Crippen LogP contribution in [0.4, 0.5) is 0 Å². The van der Waals surface area contributed by atoms with Crippen LogP contribution in [0.15, 0.2) is 0 Å². The van der Waals surface area contributed by atoms with Crippen LogP contribution in [0.1, 0.15) is 0 Å². The monoisotopic (exact) mass is 203 g/mol. The minimum Gasteiger partial charge on any atom is -0.312 e. The van der Waals surface area contributed by atoms with Gasteiger partial charge in [0.1, 0.15) is 0 Å². The predicted molar refractivity (Wildman–Crippen MR) is 27.3 cm³/mol. The summed E-state index contributed by atoms with van der Waals surface area (Å²) in [5.74, 6) is -2.64. The summed E-state index contributed by atoms with van der Waals surface area (Å²) in [6.45, 7) is 0. The highest BCUT2D eigenvalue weighted by atomic mass is 32.3. The topological polar surface area (TPSA) is 141 Å². The van der Waals surface area contributed by atoms with Gasteiger partial charge in [0.2, 0.25) is 0 Å². The quantitative estimate of drug-likeness (QED) is 0.240. The fraction of sp³-hybridized carbons (Fsp3) is 1.00. The van der Waals surface area contributed by atoms with Gasteiger partial charge in [-0.25, -0.2) is 0 Å². The van der Waals surface area contributed by atoms with E-state index in [1.165, 1.54) is 0 Å². The van der Waals surface area contributed by atoms with Crippen LogP contribution in [0.5, 0.6) is 0 Å². The van der Waals surface area contributed by atoms with Crippen LogP contribution in [0.2, 0.25) is 0 Å². The van der Waals surface area contributed by atoms with Crippen molar-refractivity contribution in [1.82, 2.24) is 16.2 Å². The summed E-state index contributed by atoms with van der Waals surface area (Å²) in [5.41, 5.74) is 2.24. The van der Waals surface area contributed by atoms with E-state index >= 15 is 0 Å². The molecule has 0 aliphatic carbocycles. The van der Waals surface area contributed by atoms with Gasteiger partial charge in [-0.05, 0) is 0 Å². The van der Waals surface area contributed by atoms with E-state index in [1.54, 1.807) is 0 Å². The first-order chi connectivity index (χ1) is 5.46. The minimum absolute atomic E-state index is 0.470. The van der Waals surface area contributed by atoms with Crippen molar-refractivity contribution in [1.29, 1.82) is 0 Å². The number of hydrogen-bond acceptors (Lipinski definition) is 10. The molecule has 11 heteroatoms. The molecule has 0 bridgehead atoms. The Morgan fingerprint density at radius 3 is 2.00 bits per heavy atom. The van der Waals surface area contributed by atoms with E-state index in [0.29, 0.717) is 0 Å². The van der Waals surface area contributed by atoms with Gasteiger partial charge in [-0.3, -0.25) is 5.21 Å². The molecule has 1 aliphatic rings. The lowest BCUT2D eigenvalue weighted by atomic mass is 10.8. The molecule has 5 N–H and O–H groups in total. The second kappa shape index (κ2) is 2.84. The van der Waals surface area contributed by atoms with E-state index < -0.39 is 21.6 Å². The van der Waals surface area contributed by atoms with Crippen LogP contribution < -0.4 is 11.0 Å². The lowest BCUT2D eigenvalue weighted by Crippen LogP contribution is -2.62. The zero-order valence-electron chi connectivity index (χ0n) is 5.33. The first kappa shape index (κ1) is 9.72. The Morgan fingerprint density at radius 2 is 1.83 bits per heavy atom. The van der Waals surface area contributed by atoms with Gasteiger partial charge in [-0.15, -0.1) is 15.2 Å². The molecule has 1 fully saturated rings. The maximum Gasteiger partial charge on any atom is 0.422 e. The van der Waals surface area contributed by atoms with Gasteiger partial charge in [-0.1, -0.05) is 0 Å². The van der Waals surface area contributed by atoms with Gasteiger partial charge >= 0.3 is 16.4 Å². The van der Waals surface area contributed by atoms with E-state index in [4.69, 9.17) is 15.6 Å². The molecule has 0 spiro atoms. The molecule has 0 aromatic carbocycles. The highest BCUT2D eigenvalue weighted by Gasteiger charge is 2.53. The van der Waals surface area contributed by atoms with Crippen molar-refractivity contribution in [2.45, 2.75) is 5.97 Å². The molecule has 0 saturated carbocycles. The standard InChI is InChI=1S/CH5N3O7S/c5-2-1(3-6)4(7)11-12(8,9)10-1/h2-3,5-7H. The summed E-state index contributed by atoms with van der Waals surface area (Å²) < 4.78 is 28.3. The van der Waals surface area contributed by atoms with Gasteiger partial charge in [0.05, 0.1) is 0 Å². The summed E-state index contributed by atoms with van der Waals surface area (Å²) in [4.78, 5) is 0. The smallest absolute Gasteiger partial charge is 0.312 e. The summed E-state index contributed by atoms with van der Waals surface area (Å²) >= 11 is 0. The van der Waals surface area contributed by atoms with Crippen molar-refractivity contribution in [2.75, 3.05) is 0 Å². The Kier molecular flexibility index (Phi) is 2.30. The third-order valence-corrected chi connectivity index (χ3v) is 1.73. The largest absolute Gasteiger partial charge is 0.422 e. The molecule has 0 unspecified atom stereocenters. The molecule has 10 nitrogen and oxygen atoms in total. The van der Waals surface area contributed by atoms with Crippen molar-refractivity contribution in [2.24, 2.45) is 0 Å². The molecule has 1 heterocycles. The second-order valence-electron chi connectivity index (χ2n) is 1.71. The summed E-state index contributed by atoms with van der Waals surface area (Å²) in [5, 5.41) is 24.7. The minimum atomic E-state index is -4.50. The highest BCUT2D eigenvalue weighted by molar-refractivity contribution is 7.82. The Morgan fingerprint density at radius 1 is 1.33 bits per heavy atom. The van der Waals surface area contributed by atoms with Crippen molar-refractivity contribution >= 4 is 10.4 Å². The first-order valence-corrected chi connectivity index (χ1v) is 3.76. The first-order valence-electron chi connectivity index (χ1n) is 2.42. The van der Waals surface area contributed by atoms with E-state index in [9.17, 15) is 8.42 Å². The SMILES string of the molecule is O=S1(=O)ON(O)C(NO)(NO)O1. The molecule has 0 aromatic heterocycles. The summed E-state index contributed by atoms with van der Waals surface area (Å²) in [7, 11) is -4.50. The predicted octanol–water partition coefficient (Wildman–Crippen LogP) is -2.55. The summed E-state index contributed by atoms with van der Waals surface area (Å²) in [6, 6.07) is 0. The molecule has 1 saturated heterocycles.